The van der Waals surface area contributed by atoms with E-state index in [9.17, 15) is 9.59 Å². The molecule has 1 fully saturated rings. The van der Waals surface area contributed by atoms with Crippen molar-refractivity contribution >= 4 is 34.1 Å². The van der Waals surface area contributed by atoms with Gasteiger partial charge in [0, 0.05) is 28.7 Å². The number of nitrogens with zero attached hydrogens (tertiary/aromatic N) is 1. The van der Waals surface area contributed by atoms with Crippen LogP contribution in [0.4, 0.5) is 5.69 Å². The standard InChI is InChI=1S/C24H26N4O2/c1-16(27-28-24(30)21-15-25-22-10-6-5-9-20(21)22)17-11-13-19(14-12-17)26-23(29)18-7-3-2-4-8-18/h5-6,9-15,18,25H,2-4,7-8H2,1H3,(H,26,29)(H,28,30)/b27-16+. The van der Waals surface area contributed by atoms with Gasteiger partial charge < -0.3 is 10.3 Å². The zero-order valence-corrected chi connectivity index (χ0v) is 17.1. The normalized spacial score (nSPS) is 15.2. The monoisotopic (exact) mass is 402 g/mol. The maximum atomic E-state index is 12.5. The Kier molecular flexibility index (Phi) is 5.93. The van der Waals surface area contributed by atoms with Crippen molar-refractivity contribution in [1.82, 2.24) is 10.4 Å². The Labute approximate surface area is 175 Å². The second-order valence-corrected chi connectivity index (χ2v) is 7.79. The van der Waals surface area contributed by atoms with Crippen molar-refractivity contribution in [1.29, 1.82) is 0 Å². The molecule has 0 saturated heterocycles. The third-order valence-corrected chi connectivity index (χ3v) is 5.71. The summed E-state index contributed by atoms with van der Waals surface area (Å²) in [6.07, 6.45) is 7.15. The van der Waals surface area contributed by atoms with Gasteiger partial charge in [-0.1, -0.05) is 49.6 Å². The van der Waals surface area contributed by atoms with Gasteiger partial charge in [0.05, 0.1) is 11.3 Å². The van der Waals surface area contributed by atoms with E-state index >= 15 is 0 Å². The highest BCUT2D eigenvalue weighted by Crippen LogP contribution is 2.25. The van der Waals surface area contributed by atoms with Gasteiger partial charge in [0.2, 0.25) is 5.91 Å². The van der Waals surface area contributed by atoms with Crippen molar-refractivity contribution in [3.63, 3.8) is 0 Å². The lowest BCUT2D eigenvalue weighted by Crippen LogP contribution is -2.24. The SMILES string of the molecule is C/C(=N\NC(=O)c1c[nH]c2ccccc12)c1ccc(NC(=O)C2CCCCC2)cc1. The van der Waals surface area contributed by atoms with E-state index in [0.717, 1.165) is 47.8 Å². The molecule has 4 rings (SSSR count). The van der Waals surface area contributed by atoms with E-state index in [4.69, 9.17) is 0 Å². The molecule has 0 aliphatic heterocycles. The first-order chi connectivity index (χ1) is 14.6. The number of anilines is 1. The third kappa shape index (κ3) is 4.43. The Balaban J connectivity index is 1.38. The van der Waals surface area contributed by atoms with Crippen LogP contribution in [-0.4, -0.2) is 22.5 Å². The minimum absolute atomic E-state index is 0.110. The lowest BCUT2D eigenvalue weighted by molar-refractivity contribution is -0.120. The van der Waals surface area contributed by atoms with Crippen LogP contribution >= 0.6 is 0 Å². The van der Waals surface area contributed by atoms with E-state index in [1.165, 1.54) is 6.42 Å². The Morgan fingerprint density at radius 3 is 2.50 bits per heavy atom. The fourth-order valence-corrected chi connectivity index (χ4v) is 3.92. The summed E-state index contributed by atoms with van der Waals surface area (Å²) in [4.78, 5) is 28.0. The number of carbonyl (C=O) groups is 2. The molecule has 2 aromatic carbocycles. The first kappa shape index (κ1) is 19.9. The molecule has 0 spiro atoms. The quantitative estimate of drug-likeness (QED) is 0.421. The van der Waals surface area contributed by atoms with E-state index < -0.39 is 0 Å². The smallest absolute Gasteiger partial charge is 0.273 e. The molecule has 2 amide bonds. The van der Waals surface area contributed by atoms with Gasteiger partial charge in [-0.25, -0.2) is 5.43 Å². The summed E-state index contributed by atoms with van der Waals surface area (Å²) in [6, 6.07) is 15.2. The van der Waals surface area contributed by atoms with E-state index in [2.05, 4.69) is 20.8 Å². The van der Waals surface area contributed by atoms with Crippen LogP contribution in [0.15, 0.2) is 59.8 Å². The molecule has 0 bridgehead atoms. The molecule has 1 aliphatic carbocycles. The van der Waals surface area contributed by atoms with Crippen molar-refractivity contribution in [3.05, 3.63) is 65.9 Å². The molecule has 1 aliphatic rings. The molecule has 6 heteroatoms. The van der Waals surface area contributed by atoms with Crippen LogP contribution in [0, 0.1) is 5.92 Å². The first-order valence-electron chi connectivity index (χ1n) is 10.4. The molecule has 0 unspecified atom stereocenters. The highest BCUT2D eigenvalue weighted by molar-refractivity contribution is 6.07. The fraction of sp³-hybridized carbons (Fsp3) is 0.292. The number of aromatic amines is 1. The summed E-state index contributed by atoms with van der Waals surface area (Å²) >= 11 is 0. The number of amides is 2. The van der Waals surface area contributed by atoms with E-state index in [1.54, 1.807) is 6.20 Å². The van der Waals surface area contributed by atoms with Crippen molar-refractivity contribution < 1.29 is 9.59 Å². The molecular formula is C24H26N4O2. The number of benzene rings is 2. The van der Waals surface area contributed by atoms with Crippen LogP contribution in [0.5, 0.6) is 0 Å². The van der Waals surface area contributed by atoms with E-state index in [0.29, 0.717) is 11.3 Å². The summed E-state index contributed by atoms with van der Waals surface area (Å²) in [5.41, 5.74) is 6.44. The maximum absolute atomic E-state index is 12.5. The predicted octanol–water partition coefficient (Wildman–Crippen LogP) is 4.84. The highest BCUT2D eigenvalue weighted by Gasteiger charge is 2.21. The molecule has 0 atom stereocenters. The van der Waals surface area contributed by atoms with E-state index in [1.807, 2.05) is 55.5 Å². The molecule has 1 heterocycles. The van der Waals surface area contributed by atoms with Gasteiger partial charge in [-0.05, 0) is 43.5 Å². The van der Waals surface area contributed by atoms with Crippen LogP contribution in [0.1, 0.15) is 54.9 Å². The van der Waals surface area contributed by atoms with Gasteiger partial charge >= 0.3 is 0 Å². The van der Waals surface area contributed by atoms with Gasteiger partial charge in [-0.2, -0.15) is 5.10 Å². The largest absolute Gasteiger partial charge is 0.360 e. The summed E-state index contributed by atoms with van der Waals surface area (Å²) in [5, 5.41) is 8.11. The Morgan fingerprint density at radius 2 is 1.73 bits per heavy atom. The number of hydrazone groups is 1. The summed E-state index contributed by atoms with van der Waals surface area (Å²) in [7, 11) is 0. The van der Waals surface area contributed by atoms with Gasteiger partial charge in [-0.3, -0.25) is 9.59 Å². The number of nitrogens with one attached hydrogen (secondary N) is 3. The third-order valence-electron chi connectivity index (χ3n) is 5.71. The molecule has 1 saturated carbocycles. The lowest BCUT2D eigenvalue weighted by Gasteiger charge is -2.20. The Bertz CT molecular complexity index is 1080. The molecule has 154 valence electrons. The Hall–Kier alpha value is -3.41. The first-order valence-corrected chi connectivity index (χ1v) is 10.4. The molecule has 0 radical (unpaired) electrons. The summed E-state index contributed by atoms with van der Waals surface area (Å²) < 4.78 is 0. The van der Waals surface area contributed by atoms with Crippen molar-refractivity contribution in [2.45, 2.75) is 39.0 Å². The summed E-state index contributed by atoms with van der Waals surface area (Å²) in [5.74, 6) is -0.0246. The van der Waals surface area contributed by atoms with Gasteiger partial charge in [0.1, 0.15) is 0 Å². The topological polar surface area (TPSA) is 86.3 Å². The van der Waals surface area contributed by atoms with Gasteiger partial charge in [-0.15, -0.1) is 0 Å². The number of para-hydroxylation sites is 1. The average Bonchev–Trinajstić information content (AvgIpc) is 3.22. The zero-order chi connectivity index (χ0) is 20.9. The van der Waals surface area contributed by atoms with Gasteiger partial charge in [0.25, 0.3) is 5.91 Å². The molecule has 6 nitrogen and oxygen atoms in total. The Morgan fingerprint density at radius 1 is 1.00 bits per heavy atom. The van der Waals surface area contributed by atoms with Crippen LogP contribution in [-0.2, 0) is 4.79 Å². The second kappa shape index (κ2) is 8.95. The lowest BCUT2D eigenvalue weighted by atomic mass is 9.88. The number of carbonyl (C=O) groups excluding carboxylic acids is 2. The van der Waals surface area contributed by atoms with Crippen molar-refractivity contribution in [3.8, 4) is 0 Å². The second-order valence-electron chi connectivity index (χ2n) is 7.79. The van der Waals surface area contributed by atoms with Crippen LogP contribution < -0.4 is 10.7 Å². The maximum Gasteiger partial charge on any atom is 0.273 e. The molecule has 1 aromatic heterocycles. The fourth-order valence-electron chi connectivity index (χ4n) is 3.92. The van der Waals surface area contributed by atoms with Gasteiger partial charge in [0.15, 0.2) is 0 Å². The summed E-state index contributed by atoms with van der Waals surface area (Å²) in [6.45, 7) is 1.84. The molecule has 3 N–H and O–H groups in total. The molecule has 30 heavy (non-hydrogen) atoms. The van der Waals surface area contributed by atoms with E-state index in [-0.39, 0.29) is 17.7 Å². The number of H-pyrrole nitrogens is 1. The number of fused-ring (bicyclic) bond motifs is 1. The number of hydrogen-bond donors (Lipinski definition) is 3. The van der Waals surface area contributed by atoms with Crippen molar-refractivity contribution in [2.24, 2.45) is 11.0 Å². The van der Waals surface area contributed by atoms with Crippen molar-refractivity contribution in [2.75, 3.05) is 5.32 Å². The van der Waals surface area contributed by atoms with Crippen LogP contribution in [0.2, 0.25) is 0 Å². The van der Waals surface area contributed by atoms with Crippen LogP contribution in [0.25, 0.3) is 10.9 Å². The minimum atomic E-state index is -0.261. The number of hydrogen-bond acceptors (Lipinski definition) is 3. The number of rotatable bonds is 5. The molecule has 3 aromatic rings. The van der Waals surface area contributed by atoms with Crippen LogP contribution in [0.3, 0.4) is 0 Å². The molecular weight excluding hydrogens is 376 g/mol. The highest BCUT2D eigenvalue weighted by atomic mass is 16.2. The minimum Gasteiger partial charge on any atom is -0.360 e. The number of aromatic nitrogens is 1. The average molecular weight is 402 g/mol. The predicted molar refractivity (Wildman–Crippen MR) is 120 cm³/mol. The zero-order valence-electron chi connectivity index (χ0n) is 17.1.